The van der Waals surface area contributed by atoms with Crippen LogP contribution in [0.25, 0.3) is 0 Å². The molecule has 0 saturated heterocycles. The summed E-state index contributed by atoms with van der Waals surface area (Å²) in [6.07, 6.45) is 6.19. The van der Waals surface area contributed by atoms with E-state index in [4.69, 9.17) is 0 Å². The van der Waals surface area contributed by atoms with Crippen LogP contribution in [0.3, 0.4) is 0 Å². The highest BCUT2D eigenvalue weighted by Crippen LogP contribution is 1.93. The maximum Gasteiger partial charge on any atom is 0.0698 e. The molecule has 0 aromatic carbocycles. The molecular formula is C8H16Si. The van der Waals surface area contributed by atoms with Crippen molar-refractivity contribution in [1.82, 2.24) is 0 Å². The molecule has 0 bridgehead atoms. The number of hydrogen-bond donors (Lipinski definition) is 0. The Bertz CT molecular complexity index is 67.0. The lowest BCUT2D eigenvalue weighted by molar-refractivity contribution is 0.881. The first kappa shape index (κ1) is 8.96. The predicted octanol–water partition coefficient (Wildman–Crippen LogP) is 2.83. The number of rotatable bonds is 5. The van der Waals surface area contributed by atoms with Gasteiger partial charge in [-0.2, -0.15) is 0 Å². The Balaban J connectivity index is 2.82. The van der Waals surface area contributed by atoms with E-state index in [9.17, 15) is 0 Å². The zero-order chi connectivity index (χ0) is 6.95. The van der Waals surface area contributed by atoms with E-state index in [0.717, 1.165) is 9.52 Å². The lowest BCUT2D eigenvalue weighted by Crippen LogP contribution is -1.82. The molecule has 0 nitrogen and oxygen atoms in total. The van der Waals surface area contributed by atoms with Crippen molar-refractivity contribution in [3.05, 3.63) is 11.8 Å². The molecule has 0 fully saturated rings. The van der Waals surface area contributed by atoms with E-state index >= 15 is 0 Å². The lowest BCUT2D eigenvalue weighted by atomic mass is 10.4. The Kier molecular flexibility index (Phi) is 7.92. The van der Waals surface area contributed by atoms with Crippen LogP contribution in [0.2, 0.25) is 6.04 Å². The standard InChI is InChI=1S/C8H16Si/c1-3-5-7-9-8-6-4-2/h5,7H,3-4,6,8H2,1-2H3/b7-5+. The summed E-state index contributed by atoms with van der Waals surface area (Å²) in [5.41, 5.74) is 2.32. The van der Waals surface area contributed by atoms with Crippen LogP contribution in [-0.2, 0) is 0 Å². The summed E-state index contributed by atoms with van der Waals surface area (Å²) in [4.78, 5) is 0. The van der Waals surface area contributed by atoms with Gasteiger partial charge in [-0.1, -0.05) is 38.8 Å². The van der Waals surface area contributed by atoms with Crippen molar-refractivity contribution in [2.75, 3.05) is 0 Å². The minimum atomic E-state index is 1.07. The van der Waals surface area contributed by atoms with Gasteiger partial charge >= 0.3 is 0 Å². The van der Waals surface area contributed by atoms with Gasteiger partial charge in [0.25, 0.3) is 0 Å². The smallest absolute Gasteiger partial charge is 0.0698 e. The Morgan fingerprint density at radius 3 is 2.67 bits per heavy atom. The van der Waals surface area contributed by atoms with E-state index in [-0.39, 0.29) is 0 Å². The Hall–Kier alpha value is -0.0431. The minimum absolute atomic E-state index is 1.07. The van der Waals surface area contributed by atoms with Crippen LogP contribution in [0.1, 0.15) is 33.1 Å². The topological polar surface area (TPSA) is 0 Å². The maximum atomic E-state index is 2.32. The summed E-state index contributed by atoms with van der Waals surface area (Å²) in [6, 6.07) is 1.40. The van der Waals surface area contributed by atoms with Gasteiger partial charge in [0.15, 0.2) is 0 Å². The molecule has 0 rings (SSSR count). The third kappa shape index (κ3) is 7.96. The SMILES string of the molecule is CC/C=C/[Si]CCCC. The van der Waals surface area contributed by atoms with Gasteiger partial charge in [-0.25, -0.2) is 0 Å². The summed E-state index contributed by atoms with van der Waals surface area (Å²) in [6.45, 7) is 4.43. The molecule has 0 spiro atoms. The average molecular weight is 140 g/mol. The Morgan fingerprint density at radius 1 is 1.33 bits per heavy atom. The van der Waals surface area contributed by atoms with Gasteiger partial charge in [0.05, 0.1) is 9.52 Å². The zero-order valence-corrected chi connectivity index (χ0v) is 7.48. The van der Waals surface area contributed by atoms with E-state index in [0.29, 0.717) is 0 Å². The van der Waals surface area contributed by atoms with Gasteiger partial charge < -0.3 is 0 Å². The van der Waals surface area contributed by atoms with Gasteiger partial charge in [0, 0.05) is 0 Å². The van der Waals surface area contributed by atoms with E-state index in [1.807, 2.05) is 0 Å². The third-order valence-electron chi connectivity index (χ3n) is 1.15. The van der Waals surface area contributed by atoms with Crippen LogP contribution in [0.5, 0.6) is 0 Å². The summed E-state index contributed by atoms with van der Waals surface area (Å²) in [5, 5.41) is 0. The van der Waals surface area contributed by atoms with Crippen molar-refractivity contribution in [3.8, 4) is 0 Å². The fourth-order valence-electron chi connectivity index (χ4n) is 0.563. The molecule has 0 unspecified atom stereocenters. The van der Waals surface area contributed by atoms with Crippen LogP contribution in [0.4, 0.5) is 0 Å². The number of allylic oxidation sites excluding steroid dienone is 1. The quantitative estimate of drug-likeness (QED) is 0.407. The first-order chi connectivity index (χ1) is 4.41. The highest BCUT2D eigenvalue weighted by atomic mass is 28.2. The average Bonchev–Trinajstić information content (AvgIpc) is 1.89. The molecule has 0 N–H and O–H groups in total. The van der Waals surface area contributed by atoms with Gasteiger partial charge in [-0.15, -0.1) is 5.70 Å². The van der Waals surface area contributed by atoms with E-state index in [1.54, 1.807) is 0 Å². The molecule has 9 heavy (non-hydrogen) atoms. The molecule has 0 aliphatic carbocycles. The fourth-order valence-corrected chi connectivity index (χ4v) is 1.69. The van der Waals surface area contributed by atoms with Gasteiger partial charge in [0.2, 0.25) is 0 Å². The second kappa shape index (κ2) is 7.96. The highest BCUT2D eigenvalue weighted by molar-refractivity contribution is 6.41. The summed E-state index contributed by atoms with van der Waals surface area (Å²) in [5.74, 6) is 0. The molecular weight excluding hydrogens is 124 g/mol. The molecule has 1 heteroatoms. The van der Waals surface area contributed by atoms with Crippen LogP contribution in [-0.4, -0.2) is 9.52 Å². The van der Waals surface area contributed by atoms with Crippen LogP contribution >= 0.6 is 0 Å². The second-order valence-corrected chi connectivity index (χ2v) is 3.36. The van der Waals surface area contributed by atoms with Crippen LogP contribution < -0.4 is 0 Å². The van der Waals surface area contributed by atoms with Gasteiger partial charge in [-0.3, -0.25) is 0 Å². The molecule has 0 heterocycles. The fraction of sp³-hybridized carbons (Fsp3) is 0.750. The number of hydrogen-bond acceptors (Lipinski definition) is 0. The van der Waals surface area contributed by atoms with Crippen molar-refractivity contribution in [2.45, 2.75) is 39.2 Å². The van der Waals surface area contributed by atoms with Crippen molar-refractivity contribution in [1.29, 1.82) is 0 Å². The monoisotopic (exact) mass is 140 g/mol. The molecule has 2 radical (unpaired) electrons. The van der Waals surface area contributed by atoms with Gasteiger partial charge in [-0.05, 0) is 6.42 Å². The first-order valence-corrected chi connectivity index (χ1v) is 5.08. The minimum Gasteiger partial charge on any atom is -0.103 e. The second-order valence-electron chi connectivity index (χ2n) is 2.12. The van der Waals surface area contributed by atoms with Gasteiger partial charge in [0.1, 0.15) is 0 Å². The summed E-state index contributed by atoms with van der Waals surface area (Å²) >= 11 is 0. The summed E-state index contributed by atoms with van der Waals surface area (Å²) in [7, 11) is 1.07. The molecule has 52 valence electrons. The first-order valence-electron chi connectivity index (χ1n) is 3.80. The molecule has 0 saturated carbocycles. The Morgan fingerprint density at radius 2 is 2.11 bits per heavy atom. The van der Waals surface area contributed by atoms with E-state index < -0.39 is 0 Å². The normalized spacial score (nSPS) is 10.9. The van der Waals surface area contributed by atoms with Crippen molar-refractivity contribution in [3.63, 3.8) is 0 Å². The number of unbranched alkanes of at least 4 members (excludes halogenated alkanes) is 1. The van der Waals surface area contributed by atoms with E-state index in [2.05, 4.69) is 25.6 Å². The van der Waals surface area contributed by atoms with Crippen LogP contribution in [0, 0.1) is 0 Å². The largest absolute Gasteiger partial charge is 0.103 e. The molecule has 0 atom stereocenters. The predicted molar refractivity (Wildman–Crippen MR) is 44.9 cm³/mol. The van der Waals surface area contributed by atoms with Crippen molar-refractivity contribution in [2.24, 2.45) is 0 Å². The van der Waals surface area contributed by atoms with Crippen molar-refractivity contribution >= 4 is 9.52 Å². The Labute approximate surface area is 61.2 Å². The molecule has 0 aliphatic rings. The zero-order valence-electron chi connectivity index (χ0n) is 6.48. The molecule has 0 aromatic heterocycles. The molecule has 0 amide bonds. The molecule has 0 aliphatic heterocycles. The van der Waals surface area contributed by atoms with E-state index in [1.165, 1.54) is 25.3 Å². The van der Waals surface area contributed by atoms with Crippen molar-refractivity contribution < 1.29 is 0 Å². The van der Waals surface area contributed by atoms with Crippen LogP contribution in [0.15, 0.2) is 11.8 Å². The maximum absolute atomic E-state index is 2.32. The highest BCUT2D eigenvalue weighted by Gasteiger charge is 1.81. The third-order valence-corrected chi connectivity index (χ3v) is 2.26. The molecule has 0 aromatic rings. The lowest BCUT2D eigenvalue weighted by Gasteiger charge is -1.88. The summed E-state index contributed by atoms with van der Waals surface area (Å²) < 4.78 is 0.